The van der Waals surface area contributed by atoms with Crippen molar-refractivity contribution in [3.8, 4) is 11.5 Å². The Bertz CT molecular complexity index is 594. The highest BCUT2D eigenvalue weighted by atomic mass is 35.5. The fraction of sp³-hybridized carbons (Fsp3) is 0.294. The van der Waals surface area contributed by atoms with E-state index in [0.717, 1.165) is 12.0 Å². The molecule has 0 spiro atoms. The van der Waals surface area contributed by atoms with Crippen LogP contribution in [0.15, 0.2) is 36.4 Å². The number of aryl methyl sites for hydroxylation is 1. The zero-order chi connectivity index (χ0) is 15.2. The van der Waals surface area contributed by atoms with Crippen LogP contribution in [0.25, 0.3) is 0 Å². The molecule has 0 aromatic heterocycles. The van der Waals surface area contributed by atoms with Crippen LogP contribution in [-0.4, -0.2) is 12.2 Å². The van der Waals surface area contributed by atoms with Crippen LogP contribution in [0.2, 0.25) is 5.02 Å². The van der Waals surface area contributed by atoms with Gasteiger partial charge in [0.15, 0.2) is 11.5 Å². The molecule has 1 N–H and O–H groups in total. The SMILES string of the molecule is CCc1ccc(COc2c(Cl)cc(CO)cc2OC)cc1. The van der Waals surface area contributed by atoms with Crippen LogP contribution in [0.3, 0.4) is 0 Å². The van der Waals surface area contributed by atoms with Crippen LogP contribution in [0.1, 0.15) is 23.6 Å². The predicted molar refractivity (Wildman–Crippen MR) is 84.1 cm³/mol. The van der Waals surface area contributed by atoms with Crippen molar-refractivity contribution in [3.63, 3.8) is 0 Å². The van der Waals surface area contributed by atoms with Crippen LogP contribution in [-0.2, 0) is 19.6 Å². The molecule has 0 unspecified atom stereocenters. The van der Waals surface area contributed by atoms with E-state index in [1.807, 2.05) is 12.1 Å². The monoisotopic (exact) mass is 306 g/mol. The standard InChI is InChI=1S/C17H19ClO3/c1-3-12-4-6-13(7-5-12)11-21-17-15(18)8-14(10-19)9-16(17)20-2/h4-9,19H,3,10-11H2,1-2H3. The van der Waals surface area contributed by atoms with Crippen molar-refractivity contribution in [3.05, 3.63) is 58.1 Å². The topological polar surface area (TPSA) is 38.7 Å². The van der Waals surface area contributed by atoms with E-state index in [2.05, 4.69) is 19.1 Å². The quantitative estimate of drug-likeness (QED) is 0.877. The molecule has 0 radical (unpaired) electrons. The highest BCUT2D eigenvalue weighted by Gasteiger charge is 2.12. The lowest BCUT2D eigenvalue weighted by molar-refractivity contribution is 0.274. The molecule has 0 amide bonds. The van der Waals surface area contributed by atoms with Crippen molar-refractivity contribution in [2.75, 3.05) is 7.11 Å². The maximum Gasteiger partial charge on any atom is 0.180 e. The molecule has 2 aromatic carbocycles. The number of hydrogen-bond donors (Lipinski definition) is 1. The van der Waals surface area contributed by atoms with Gasteiger partial charge in [-0.2, -0.15) is 0 Å². The third-order valence-corrected chi connectivity index (χ3v) is 3.57. The largest absolute Gasteiger partial charge is 0.493 e. The molecule has 0 aliphatic heterocycles. The lowest BCUT2D eigenvalue weighted by Crippen LogP contribution is -2.00. The van der Waals surface area contributed by atoms with Gasteiger partial charge in [0, 0.05) is 0 Å². The van der Waals surface area contributed by atoms with Gasteiger partial charge in [0.25, 0.3) is 0 Å². The number of methoxy groups -OCH3 is 1. The summed E-state index contributed by atoms with van der Waals surface area (Å²) in [7, 11) is 1.55. The minimum absolute atomic E-state index is 0.0885. The Morgan fingerprint density at radius 2 is 1.71 bits per heavy atom. The molecule has 112 valence electrons. The van der Waals surface area contributed by atoms with Gasteiger partial charge in [-0.3, -0.25) is 0 Å². The first-order chi connectivity index (χ1) is 10.2. The second kappa shape index (κ2) is 7.34. The normalized spacial score (nSPS) is 10.5. The smallest absolute Gasteiger partial charge is 0.180 e. The molecule has 4 heteroatoms. The predicted octanol–water partition coefficient (Wildman–Crippen LogP) is 3.98. The Kier molecular flexibility index (Phi) is 5.48. The molecule has 0 saturated heterocycles. The van der Waals surface area contributed by atoms with Gasteiger partial charge in [0.2, 0.25) is 0 Å². The van der Waals surface area contributed by atoms with Crippen molar-refractivity contribution in [1.82, 2.24) is 0 Å². The van der Waals surface area contributed by atoms with Gasteiger partial charge >= 0.3 is 0 Å². The first kappa shape index (κ1) is 15.7. The van der Waals surface area contributed by atoms with Crippen molar-refractivity contribution in [2.24, 2.45) is 0 Å². The lowest BCUT2D eigenvalue weighted by Gasteiger charge is -2.14. The number of aliphatic hydroxyl groups is 1. The lowest BCUT2D eigenvalue weighted by atomic mass is 10.1. The molecule has 21 heavy (non-hydrogen) atoms. The van der Waals surface area contributed by atoms with E-state index in [0.29, 0.717) is 28.7 Å². The number of benzene rings is 2. The van der Waals surface area contributed by atoms with Gasteiger partial charge in [-0.1, -0.05) is 42.8 Å². The average molecular weight is 307 g/mol. The van der Waals surface area contributed by atoms with Crippen LogP contribution < -0.4 is 9.47 Å². The highest BCUT2D eigenvalue weighted by molar-refractivity contribution is 6.32. The Labute approximate surface area is 130 Å². The number of hydrogen-bond acceptors (Lipinski definition) is 3. The van der Waals surface area contributed by atoms with E-state index in [1.54, 1.807) is 19.2 Å². The number of rotatable bonds is 6. The van der Waals surface area contributed by atoms with Gasteiger partial charge in [-0.25, -0.2) is 0 Å². The third kappa shape index (κ3) is 3.90. The molecule has 0 atom stereocenters. The van der Waals surface area contributed by atoms with Crippen molar-refractivity contribution in [2.45, 2.75) is 26.6 Å². The number of aliphatic hydroxyl groups excluding tert-OH is 1. The fourth-order valence-corrected chi connectivity index (χ4v) is 2.32. The molecule has 0 aliphatic rings. The minimum Gasteiger partial charge on any atom is -0.493 e. The Morgan fingerprint density at radius 3 is 2.29 bits per heavy atom. The second-order valence-corrected chi connectivity index (χ2v) is 5.13. The third-order valence-electron chi connectivity index (χ3n) is 3.29. The second-order valence-electron chi connectivity index (χ2n) is 4.73. The van der Waals surface area contributed by atoms with Gasteiger partial charge < -0.3 is 14.6 Å². The molecule has 3 nitrogen and oxygen atoms in total. The van der Waals surface area contributed by atoms with E-state index < -0.39 is 0 Å². The molecule has 0 fully saturated rings. The molecule has 0 aliphatic carbocycles. The summed E-state index contributed by atoms with van der Waals surface area (Å²) in [6.07, 6.45) is 1.02. The summed E-state index contributed by atoms with van der Waals surface area (Å²) in [5, 5.41) is 9.61. The number of halogens is 1. The van der Waals surface area contributed by atoms with Crippen LogP contribution in [0.5, 0.6) is 11.5 Å². The summed E-state index contributed by atoms with van der Waals surface area (Å²) in [6.45, 7) is 2.45. The van der Waals surface area contributed by atoms with E-state index in [9.17, 15) is 5.11 Å². The van der Waals surface area contributed by atoms with Gasteiger partial charge in [0.1, 0.15) is 6.61 Å². The Morgan fingerprint density at radius 1 is 1.05 bits per heavy atom. The van der Waals surface area contributed by atoms with Crippen LogP contribution >= 0.6 is 11.6 Å². The molecule has 0 heterocycles. The summed E-state index contributed by atoms with van der Waals surface area (Å²) in [4.78, 5) is 0. The highest BCUT2D eigenvalue weighted by Crippen LogP contribution is 2.36. The molecule has 0 bridgehead atoms. The first-order valence-corrected chi connectivity index (χ1v) is 7.23. The maximum atomic E-state index is 9.18. The van der Waals surface area contributed by atoms with E-state index in [4.69, 9.17) is 21.1 Å². The van der Waals surface area contributed by atoms with Crippen molar-refractivity contribution < 1.29 is 14.6 Å². The zero-order valence-corrected chi connectivity index (χ0v) is 13.0. The molecule has 2 rings (SSSR count). The minimum atomic E-state index is -0.0885. The summed E-state index contributed by atoms with van der Waals surface area (Å²) in [6, 6.07) is 11.7. The van der Waals surface area contributed by atoms with Gasteiger partial charge in [0.05, 0.1) is 18.7 Å². The summed E-state index contributed by atoms with van der Waals surface area (Å²) >= 11 is 6.19. The molecule has 2 aromatic rings. The maximum absolute atomic E-state index is 9.18. The fourth-order valence-electron chi connectivity index (χ4n) is 2.03. The molecular formula is C17H19ClO3. The van der Waals surface area contributed by atoms with E-state index in [1.165, 1.54) is 5.56 Å². The van der Waals surface area contributed by atoms with Gasteiger partial charge in [-0.05, 0) is 35.2 Å². The number of ether oxygens (including phenoxy) is 2. The van der Waals surface area contributed by atoms with Crippen LogP contribution in [0.4, 0.5) is 0 Å². The first-order valence-electron chi connectivity index (χ1n) is 6.85. The zero-order valence-electron chi connectivity index (χ0n) is 12.2. The van der Waals surface area contributed by atoms with E-state index in [-0.39, 0.29) is 6.61 Å². The van der Waals surface area contributed by atoms with Crippen molar-refractivity contribution >= 4 is 11.6 Å². The van der Waals surface area contributed by atoms with Crippen LogP contribution in [0, 0.1) is 0 Å². The summed E-state index contributed by atoms with van der Waals surface area (Å²) < 4.78 is 11.1. The molecular weight excluding hydrogens is 288 g/mol. The summed E-state index contributed by atoms with van der Waals surface area (Å²) in [5.74, 6) is 1.02. The summed E-state index contributed by atoms with van der Waals surface area (Å²) in [5.41, 5.74) is 3.05. The Hall–Kier alpha value is -1.71. The van der Waals surface area contributed by atoms with E-state index >= 15 is 0 Å². The van der Waals surface area contributed by atoms with Gasteiger partial charge in [-0.15, -0.1) is 0 Å². The molecule has 0 saturated carbocycles. The van der Waals surface area contributed by atoms with Crippen molar-refractivity contribution in [1.29, 1.82) is 0 Å². The Balaban J connectivity index is 2.15. The average Bonchev–Trinajstić information content (AvgIpc) is 2.53.